The number of hydrogen-bond acceptors (Lipinski definition) is 2. The molecule has 1 heterocycles. The van der Waals surface area contributed by atoms with Crippen LogP contribution in [0.3, 0.4) is 0 Å². The second-order valence-electron chi connectivity index (χ2n) is 1.92. The largest absolute Gasteiger partial charge is 0.481 e. The first-order valence-electron chi connectivity index (χ1n) is 2.76. The number of aromatic amines is 1. The van der Waals surface area contributed by atoms with Crippen molar-refractivity contribution in [2.45, 2.75) is 5.92 Å². The van der Waals surface area contributed by atoms with Crippen molar-refractivity contribution in [3.63, 3.8) is 0 Å². The summed E-state index contributed by atoms with van der Waals surface area (Å²) in [5.74, 6) is -1.67. The van der Waals surface area contributed by atoms with E-state index in [1.807, 2.05) is 0 Å². The summed E-state index contributed by atoms with van der Waals surface area (Å²) in [6, 6.07) is 0. The summed E-state index contributed by atoms with van der Waals surface area (Å²) in [5.41, 5.74) is 0.590. The molecule has 0 saturated heterocycles. The van der Waals surface area contributed by atoms with Crippen molar-refractivity contribution in [2.24, 2.45) is 0 Å². The smallest absolute Gasteiger partial charge is 0.311 e. The summed E-state index contributed by atoms with van der Waals surface area (Å²) in [4.78, 5) is 10.3. The zero-order valence-corrected chi connectivity index (χ0v) is 5.24. The van der Waals surface area contributed by atoms with Gasteiger partial charge in [0.1, 0.15) is 0 Å². The first-order valence-corrected chi connectivity index (χ1v) is 2.76. The summed E-state index contributed by atoms with van der Waals surface area (Å²) in [6.07, 6.45) is 2.97. The van der Waals surface area contributed by atoms with Gasteiger partial charge in [-0.1, -0.05) is 0 Å². The van der Waals surface area contributed by atoms with E-state index in [9.17, 15) is 4.79 Å². The number of nitrogens with zero attached hydrogens (tertiary/aromatic N) is 1. The summed E-state index contributed by atoms with van der Waals surface area (Å²) in [6.45, 7) is 3.42. The van der Waals surface area contributed by atoms with E-state index in [-0.39, 0.29) is 0 Å². The zero-order valence-electron chi connectivity index (χ0n) is 5.24. The highest BCUT2D eigenvalue weighted by atomic mass is 16.4. The standard InChI is InChI=1S/C6H7N2O2/c1-4(6(9)10)5-2-7-8-3-5/h2-4H,1H2,(H,7,8)(H,9,10). The third-order valence-electron chi connectivity index (χ3n) is 1.22. The first kappa shape index (κ1) is 6.80. The Hall–Kier alpha value is -1.32. The van der Waals surface area contributed by atoms with Crippen molar-refractivity contribution in [3.05, 3.63) is 24.9 Å². The van der Waals surface area contributed by atoms with Crippen molar-refractivity contribution >= 4 is 5.97 Å². The molecule has 1 atom stereocenters. The maximum Gasteiger partial charge on any atom is 0.311 e. The SMILES string of the molecule is [CH2]C(C(=O)O)c1cn[nH]c1. The molecule has 4 heteroatoms. The number of hydrogen-bond donors (Lipinski definition) is 2. The molecule has 1 unspecified atom stereocenters. The Kier molecular flexibility index (Phi) is 1.71. The fraction of sp³-hybridized carbons (Fsp3) is 0.167. The Bertz CT molecular complexity index is 218. The Labute approximate surface area is 57.9 Å². The van der Waals surface area contributed by atoms with Gasteiger partial charge in [-0.25, -0.2) is 0 Å². The molecule has 0 aliphatic carbocycles. The van der Waals surface area contributed by atoms with Gasteiger partial charge in [0.05, 0.1) is 12.1 Å². The molecule has 1 aromatic rings. The van der Waals surface area contributed by atoms with E-state index >= 15 is 0 Å². The molecule has 2 N–H and O–H groups in total. The van der Waals surface area contributed by atoms with Gasteiger partial charge in [-0.2, -0.15) is 5.10 Å². The lowest BCUT2D eigenvalue weighted by Crippen LogP contribution is -2.06. The zero-order chi connectivity index (χ0) is 7.56. The van der Waals surface area contributed by atoms with Crippen LogP contribution >= 0.6 is 0 Å². The van der Waals surface area contributed by atoms with Gasteiger partial charge in [0.15, 0.2) is 0 Å². The van der Waals surface area contributed by atoms with E-state index in [0.29, 0.717) is 5.56 Å². The highest BCUT2D eigenvalue weighted by Crippen LogP contribution is 2.11. The van der Waals surface area contributed by atoms with Crippen molar-refractivity contribution in [1.29, 1.82) is 0 Å². The highest BCUT2D eigenvalue weighted by Gasteiger charge is 2.13. The van der Waals surface area contributed by atoms with E-state index < -0.39 is 11.9 Å². The molecule has 0 fully saturated rings. The van der Waals surface area contributed by atoms with Crippen LogP contribution in [0.25, 0.3) is 0 Å². The van der Waals surface area contributed by atoms with Crippen molar-refractivity contribution < 1.29 is 9.90 Å². The van der Waals surface area contributed by atoms with Crippen LogP contribution in [0.1, 0.15) is 11.5 Å². The molecule has 53 valence electrons. The fourth-order valence-electron chi connectivity index (χ4n) is 0.594. The minimum atomic E-state index is -0.943. The average Bonchev–Trinajstić information content (AvgIpc) is 2.36. The van der Waals surface area contributed by atoms with Crippen LogP contribution in [-0.2, 0) is 4.79 Å². The normalized spacial score (nSPS) is 12.9. The minimum Gasteiger partial charge on any atom is -0.481 e. The number of nitrogens with one attached hydrogen (secondary N) is 1. The van der Waals surface area contributed by atoms with Crippen molar-refractivity contribution in [3.8, 4) is 0 Å². The molecule has 1 aromatic heterocycles. The molecule has 0 amide bonds. The van der Waals surface area contributed by atoms with Gasteiger partial charge < -0.3 is 5.11 Å². The Balaban J connectivity index is 2.77. The topological polar surface area (TPSA) is 66.0 Å². The molecule has 4 nitrogen and oxygen atoms in total. The molecule has 10 heavy (non-hydrogen) atoms. The number of carboxylic acids is 1. The quantitative estimate of drug-likeness (QED) is 0.623. The van der Waals surface area contributed by atoms with Crippen LogP contribution in [0.15, 0.2) is 12.4 Å². The Morgan fingerprint density at radius 2 is 2.60 bits per heavy atom. The summed E-state index contributed by atoms with van der Waals surface area (Å²) in [5, 5.41) is 14.6. The van der Waals surface area contributed by atoms with E-state index in [1.165, 1.54) is 12.4 Å². The number of aliphatic carboxylic acids is 1. The van der Waals surface area contributed by atoms with Crippen LogP contribution in [0, 0.1) is 6.92 Å². The second kappa shape index (κ2) is 2.51. The monoisotopic (exact) mass is 139 g/mol. The number of H-pyrrole nitrogens is 1. The average molecular weight is 139 g/mol. The van der Waals surface area contributed by atoms with E-state index in [2.05, 4.69) is 17.1 Å². The molecular weight excluding hydrogens is 132 g/mol. The number of carboxylic acid groups (broad SMARTS) is 1. The summed E-state index contributed by atoms with van der Waals surface area (Å²) >= 11 is 0. The van der Waals surface area contributed by atoms with Crippen LogP contribution < -0.4 is 0 Å². The first-order chi connectivity index (χ1) is 4.72. The van der Waals surface area contributed by atoms with E-state index in [0.717, 1.165) is 0 Å². The van der Waals surface area contributed by atoms with Crippen LogP contribution in [0.5, 0.6) is 0 Å². The predicted molar refractivity (Wildman–Crippen MR) is 34.3 cm³/mol. The van der Waals surface area contributed by atoms with Gasteiger partial charge in [-0.05, 0) is 6.92 Å². The van der Waals surface area contributed by atoms with Gasteiger partial charge in [0, 0.05) is 11.8 Å². The molecule has 0 aliphatic heterocycles. The third kappa shape index (κ3) is 1.15. The highest BCUT2D eigenvalue weighted by molar-refractivity contribution is 5.76. The molecule has 1 radical (unpaired) electrons. The number of aromatic nitrogens is 2. The molecule has 0 aliphatic rings. The Morgan fingerprint density at radius 3 is 3.00 bits per heavy atom. The van der Waals surface area contributed by atoms with Gasteiger partial charge in [0.25, 0.3) is 0 Å². The maximum absolute atomic E-state index is 10.3. The molecule has 1 rings (SSSR count). The summed E-state index contributed by atoms with van der Waals surface area (Å²) in [7, 11) is 0. The minimum absolute atomic E-state index is 0.590. The second-order valence-corrected chi connectivity index (χ2v) is 1.92. The predicted octanol–water partition coefficient (Wildman–Crippen LogP) is 0.412. The van der Waals surface area contributed by atoms with Crippen LogP contribution in [0.2, 0.25) is 0 Å². The molecule has 0 bridgehead atoms. The van der Waals surface area contributed by atoms with Gasteiger partial charge in [-0.3, -0.25) is 9.89 Å². The summed E-state index contributed by atoms with van der Waals surface area (Å²) < 4.78 is 0. The van der Waals surface area contributed by atoms with E-state index in [1.54, 1.807) is 0 Å². The molecule has 0 spiro atoms. The molecule has 0 aromatic carbocycles. The Morgan fingerprint density at radius 1 is 1.90 bits per heavy atom. The fourth-order valence-corrected chi connectivity index (χ4v) is 0.594. The number of rotatable bonds is 2. The van der Waals surface area contributed by atoms with Gasteiger partial charge >= 0.3 is 5.97 Å². The van der Waals surface area contributed by atoms with Gasteiger partial charge in [-0.15, -0.1) is 0 Å². The van der Waals surface area contributed by atoms with Crippen molar-refractivity contribution in [2.75, 3.05) is 0 Å². The van der Waals surface area contributed by atoms with Crippen molar-refractivity contribution in [1.82, 2.24) is 10.2 Å². The van der Waals surface area contributed by atoms with Gasteiger partial charge in [0.2, 0.25) is 0 Å². The maximum atomic E-state index is 10.3. The van der Waals surface area contributed by atoms with E-state index in [4.69, 9.17) is 5.11 Å². The lowest BCUT2D eigenvalue weighted by molar-refractivity contribution is -0.137. The number of carbonyl (C=O) groups is 1. The molecule has 0 saturated carbocycles. The molecular formula is C6H7N2O2. The lowest BCUT2D eigenvalue weighted by Gasteiger charge is -1.98. The van der Waals surface area contributed by atoms with Crippen LogP contribution in [-0.4, -0.2) is 21.3 Å². The lowest BCUT2D eigenvalue weighted by atomic mass is 10.1. The third-order valence-corrected chi connectivity index (χ3v) is 1.22. The van der Waals surface area contributed by atoms with Crippen LogP contribution in [0.4, 0.5) is 0 Å².